The summed E-state index contributed by atoms with van der Waals surface area (Å²) in [6, 6.07) is 0. The van der Waals surface area contributed by atoms with Crippen molar-refractivity contribution in [1.29, 1.82) is 0 Å². The summed E-state index contributed by atoms with van der Waals surface area (Å²) >= 11 is 0. The van der Waals surface area contributed by atoms with Crippen LogP contribution in [0.4, 0.5) is 4.79 Å². The summed E-state index contributed by atoms with van der Waals surface area (Å²) in [5.41, 5.74) is -0.388. The van der Waals surface area contributed by atoms with Crippen LogP contribution in [0, 0.1) is 5.92 Å². The fourth-order valence-electron chi connectivity index (χ4n) is 3.54. The monoisotopic (exact) mass is 339 g/mol. The van der Waals surface area contributed by atoms with Crippen LogP contribution in [-0.2, 0) is 4.74 Å². The molecule has 1 fully saturated rings. The minimum atomic E-state index is -0.388. The highest BCUT2D eigenvalue weighted by Gasteiger charge is 2.27. The fraction of sp³-hybridized carbons (Fsp3) is 0.952. The van der Waals surface area contributed by atoms with Gasteiger partial charge in [0.2, 0.25) is 0 Å². The minimum Gasteiger partial charge on any atom is -0.444 e. The van der Waals surface area contributed by atoms with Crippen LogP contribution >= 0.6 is 0 Å². The summed E-state index contributed by atoms with van der Waals surface area (Å²) < 4.78 is 5.51. The number of unbranched alkanes of at least 4 members (excludes halogenated alkanes) is 8. The van der Waals surface area contributed by atoms with Crippen LogP contribution in [0.3, 0.4) is 0 Å². The Morgan fingerprint density at radius 3 is 2.17 bits per heavy atom. The maximum Gasteiger partial charge on any atom is 0.410 e. The first-order valence-electron chi connectivity index (χ1n) is 10.4. The largest absolute Gasteiger partial charge is 0.444 e. The van der Waals surface area contributed by atoms with Crippen LogP contribution in [0.2, 0.25) is 0 Å². The van der Waals surface area contributed by atoms with Crippen LogP contribution in [0.15, 0.2) is 0 Å². The molecule has 1 saturated heterocycles. The van der Waals surface area contributed by atoms with E-state index in [1.54, 1.807) is 0 Å². The van der Waals surface area contributed by atoms with E-state index in [9.17, 15) is 4.79 Å². The number of amides is 1. The summed E-state index contributed by atoms with van der Waals surface area (Å²) in [6.07, 6.45) is 16.0. The Kier molecular flexibility index (Phi) is 10.4. The molecule has 1 amide bonds. The van der Waals surface area contributed by atoms with E-state index in [4.69, 9.17) is 4.74 Å². The van der Waals surface area contributed by atoms with Crippen molar-refractivity contribution in [3.8, 4) is 0 Å². The fourth-order valence-corrected chi connectivity index (χ4v) is 3.54. The van der Waals surface area contributed by atoms with Crippen LogP contribution < -0.4 is 0 Å². The summed E-state index contributed by atoms with van der Waals surface area (Å²) in [4.78, 5) is 14.1. The van der Waals surface area contributed by atoms with Gasteiger partial charge in [-0.25, -0.2) is 4.79 Å². The Balaban J connectivity index is 2.08. The van der Waals surface area contributed by atoms with Gasteiger partial charge < -0.3 is 9.64 Å². The van der Waals surface area contributed by atoms with E-state index >= 15 is 0 Å². The molecular weight excluding hydrogens is 298 g/mol. The number of carbonyl (C=O) groups is 1. The summed E-state index contributed by atoms with van der Waals surface area (Å²) in [5, 5.41) is 0. The van der Waals surface area contributed by atoms with E-state index in [0.29, 0.717) is 5.92 Å². The molecule has 0 aliphatic carbocycles. The van der Waals surface area contributed by atoms with Crippen molar-refractivity contribution in [1.82, 2.24) is 4.90 Å². The Bertz CT molecular complexity index is 335. The number of piperidine rings is 1. The summed E-state index contributed by atoms with van der Waals surface area (Å²) in [7, 11) is 0. The van der Waals surface area contributed by atoms with Gasteiger partial charge in [0.1, 0.15) is 5.60 Å². The molecule has 3 nitrogen and oxygen atoms in total. The van der Waals surface area contributed by atoms with E-state index in [0.717, 1.165) is 19.5 Å². The Hall–Kier alpha value is -0.730. The standard InChI is InChI=1S/C21H41NO2/c1-5-6-7-8-9-10-11-12-13-15-19-16-14-17-22(18-19)20(23)24-21(2,3)4/h19H,5-18H2,1-4H3. The molecule has 1 rings (SSSR count). The average molecular weight is 340 g/mol. The van der Waals surface area contributed by atoms with Gasteiger partial charge in [-0.15, -0.1) is 0 Å². The molecule has 1 heterocycles. The zero-order valence-corrected chi connectivity index (χ0v) is 16.7. The van der Waals surface area contributed by atoms with Gasteiger partial charge >= 0.3 is 6.09 Å². The van der Waals surface area contributed by atoms with Gasteiger partial charge in [0, 0.05) is 13.1 Å². The third-order valence-electron chi connectivity index (χ3n) is 4.89. The van der Waals surface area contributed by atoms with Crippen LogP contribution in [-0.4, -0.2) is 29.7 Å². The van der Waals surface area contributed by atoms with Gasteiger partial charge in [-0.1, -0.05) is 64.7 Å². The second-order valence-corrected chi connectivity index (χ2v) is 8.55. The summed E-state index contributed by atoms with van der Waals surface area (Å²) in [5.74, 6) is 0.677. The highest BCUT2D eigenvalue weighted by molar-refractivity contribution is 5.68. The van der Waals surface area contributed by atoms with Crippen LogP contribution in [0.5, 0.6) is 0 Å². The average Bonchev–Trinajstić information content (AvgIpc) is 2.52. The van der Waals surface area contributed by atoms with Crippen molar-refractivity contribution in [2.45, 2.75) is 110 Å². The first-order valence-corrected chi connectivity index (χ1v) is 10.4. The molecule has 0 aromatic heterocycles. The normalized spacial score (nSPS) is 18.7. The predicted octanol–water partition coefficient (Wildman–Crippen LogP) is 6.55. The molecule has 24 heavy (non-hydrogen) atoms. The van der Waals surface area contributed by atoms with Gasteiger partial charge in [0.25, 0.3) is 0 Å². The number of rotatable bonds is 10. The van der Waals surface area contributed by atoms with Gasteiger partial charge in [-0.3, -0.25) is 0 Å². The topological polar surface area (TPSA) is 29.5 Å². The maximum atomic E-state index is 12.2. The first-order chi connectivity index (χ1) is 11.4. The van der Waals surface area contributed by atoms with E-state index in [-0.39, 0.29) is 11.7 Å². The molecule has 0 radical (unpaired) electrons. The molecule has 0 aromatic carbocycles. The molecular formula is C21H41NO2. The smallest absolute Gasteiger partial charge is 0.410 e. The van der Waals surface area contributed by atoms with Crippen LogP contribution in [0.25, 0.3) is 0 Å². The summed E-state index contributed by atoms with van der Waals surface area (Å²) in [6.45, 7) is 9.85. The number of hydrogen-bond acceptors (Lipinski definition) is 2. The number of hydrogen-bond donors (Lipinski definition) is 0. The van der Waals surface area contributed by atoms with E-state index in [1.807, 2.05) is 25.7 Å². The first kappa shape index (κ1) is 21.3. The van der Waals surface area contributed by atoms with Crippen molar-refractivity contribution in [3.63, 3.8) is 0 Å². The lowest BCUT2D eigenvalue weighted by molar-refractivity contribution is 0.0160. The van der Waals surface area contributed by atoms with E-state index < -0.39 is 0 Å². The third kappa shape index (κ3) is 10.2. The molecule has 0 spiro atoms. The number of likely N-dealkylation sites (tertiary alicyclic amines) is 1. The van der Waals surface area contributed by atoms with Crippen molar-refractivity contribution in [3.05, 3.63) is 0 Å². The second-order valence-electron chi connectivity index (χ2n) is 8.55. The number of nitrogens with zero attached hydrogens (tertiary/aromatic N) is 1. The Labute approximate surface area is 150 Å². The Morgan fingerprint density at radius 1 is 1.00 bits per heavy atom. The lowest BCUT2D eigenvalue weighted by Gasteiger charge is -2.34. The van der Waals surface area contributed by atoms with E-state index in [2.05, 4.69) is 6.92 Å². The molecule has 0 N–H and O–H groups in total. The van der Waals surface area contributed by atoms with Gasteiger partial charge in [-0.05, 0) is 46.0 Å². The minimum absolute atomic E-state index is 0.126. The maximum absolute atomic E-state index is 12.2. The van der Waals surface area contributed by atoms with Gasteiger partial charge in [0.05, 0.1) is 0 Å². The van der Waals surface area contributed by atoms with Crippen molar-refractivity contribution >= 4 is 6.09 Å². The molecule has 1 aliphatic heterocycles. The zero-order valence-electron chi connectivity index (χ0n) is 16.7. The lowest BCUT2D eigenvalue weighted by atomic mass is 9.92. The number of carbonyl (C=O) groups excluding carboxylic acids is 1. The van der Waals surface area contributed by atoms with Gasteiger partial charge in [-0.2, -0.15) is 0 Å². The molecule has 1 atom stereocenters. The molecule has 0 aromatic rings. The van der Waals surface area contributed by atoms with Crippen LogP contribution in [0.1, 0.15) is 105 Å². The van der Waals surface area contributed by atoms with Crippen molar-refractivity contribution in [2.24, 2.45) is 5.92 Å². The quantitative estimate of drug-likeness (QED) is 0.422. The third-order valence-corrected chi connectivity index (χ3v) is 4.89. The molecule has 142 valence electrons. The SMILES string of the molecule is CCCCCCCCCCCC1CCCN(C(=O)OC(C)(C)C)C1. The predicted molar refractivity (Wildman–Crippen MR) is 102 cm³/mol. The van der Waals surface area contributed by atoms with Gasteiger partial charge in [0.15, 0.2) is 0 Å². The number of ether oxygens (including phenoxy) is 1. The molecule has 1 aliphatic rings. The second kappa shape index (κ2) is 11.8. The molecule has 3 heteroatoms. The molecule has 1 unspecified atom stereocenters. The lowest BCUT2D eigenvalue weighted by Crippen LogP contribution is -2.42. The van der Waals surface area contributed by atoms with Crippen molar-refractivity contribution < 1.29 is 9.53 Å². The molecule has 0 saturated carbocycles. The van der Waals surface area contributed by atoms with E-state index in [1.165, 1.54) is 70.6 Å². The Morgan fingerprint density at radius 2 is 1.58 bits per heavy atom. The molecule has 0 bridgehead atoms. The zero-order chi connectivity index (χ0) is 17.8. The van der Waals surface area contributed by atoms with Crippen molar-refractivity contribution in [2.75, 3.05) is 13.1 Å². The highest BCUT2D eigenvalue weighted by Crippen LogP contribution is 2.24. The highest BCUT2D eigenvalue weighted by atomic mass is 16.6.